The number of rotatable bonds is 6. The SMILES string of the molecule is CCOc1ccc(-c2nc(C(N)=O)c3[nH]c(=O)n(-c4cccc(OC)c4)c3n2)cc1. The van der Waals surface area contributed by atoms with Gasteiger partial charge < -0.3 is 20.2 Å². The van der Waals surface area contributed by atoms with Crippen LogP contribution < -0.4 is 20.9 Å². The first-order chi connectivity index (χ1) is 14.5. The van der Waals surface area contributed by atoms with Crippen LogP contribution in [0.15, 0.2) is 53.3 Å². The molecule has 0 spiro atoms. The minimum Gasteiger partial charge on any atom is -0.497 e. The van der Waals surface area contributed by atoms with Gasteiger partial charge in [-0.25, -0.2) is 19.3 Å². The highest BCUT2D eigenvalue weighted by Crippen LogP contribution is 2.24. The first kappa shape index (κ1) is 19.2. The van der Waals surface area contributed by atoms with Gasteiger partial charge in [0, 0.05) is 11.6 Å². The highest BCUT2D eigenvalue weighted by atomic mass is 16.5. The summed E-state index contributed by atoms with van der Waals surface area (Å²) in [5, 5.41) is 0. The molecule has 152 valence electrons. The highest BCUT2D eigenvalue weighted by Gasteiger charge is 2.20. The van der Waals surface area contributed by atoms with Gasteiger partial charge in [0.25, 0.3) is 5.91 Å². The summed E-state index contributed by atoms with van der Waals surface area (Å²) in [6, 6.07) is 14.1. The first-order valence-corrected chi connectivity index (χ1v) is 9.22. The van der Waals surface area contributed by atoms with E-state index in [4.69, 9.17) is 15.2 Å². The molecular weight excluding hydrogens is 386 g/mol. The van der Waals surface area contributed by atoms with Gasteiger partial charge >= 0.3 is 5.69 Å². The monoisotopic (exact) mass is 405 g/mol. The highest BCUT2D eigenvalue weighted by molar-refractivity contribution is 6.02. The van der Waals surface area contributed by atoms with Gasteiger partial charge in [-0.3, -0.25) is 4.79 Å². The third-order valence-electron chi connectivity index (χ3n) is 4.51. The van der Waals surface area contributed by atoms with Crippen LogP contribution in [0, 0.1) is 0 Å². The molecule has 0 saturated carbocycles. The van der Waals surface area contributed by atoms with E-state index in [1.807, 2.05) is 6.92 Å². The van der Waals surface area contributed by atoms with Crippen LogP contribution in [0.1, 0.15) is 17.4 Å². The number of aromatic amines is 1. The third-order valence-corrected chi connectivity index (χ3v) is 4.51. The average Bonchev–Trinajstić information content (AvgIpc) is 3.09. The second kappa shape index (κ2) is 7.70. The Hall–Kier alpha value is -4.14. The summed E-state index contributed by atoms with van der Waals surface area (Å²) in [5.41, 5.74) is 6.57. The Balaban J connectivity index is 1.95. The molecule has 1 amide bonds. The van der Waals surface area contributed by atoms with Crippen molar-refractivity contribution in [3.05, 3.63) is 64.7 Å². The number of nitrogens with one attached hydrogen (secondary N) is 1. The van der Waals surface area contributed by atoms with E-state index in [0.717, 1.165) is 0 Å². The molecule has 0 atom stereocenters. The molecule has 0 radical (unpaired) electrons. The molecule has 0 bridgehead atoms. The summed E-state index contributed by atoms with van der Waals surface area (Å²) in [7, 11) is 1.54. The Kier molecular flexibility index (Phi) is 4.93. The van der Waals surface area contributed by atoms with E-state index < -0.39 is 11.6 Å². The lowest BCUT2D eigenvalue weighted by molar-refractivity contribution is 0.0997. The molecule has 0 fully saturated rings. The van der Waals surface area contributed by atoms with Crippen LogP contribution in [0.5, 0.6) is 11.5 Å². The number of imidazole rings is 1. The molecule has 9 nitrogen and oxygen atoms in total. The Bertz CT molecular complexity index is 1290. The van der Waals surface area contributed by atoms with E-state index in [2.05, 4.69) is 15.0 Å². The average molecular weight is 405 g/mol. The molecule has 2 aromatic carbocycles. The predicted octanol–water partition coefficient (Wildman–Crippen LogP) is 2.28. The third kappa shape index (κ3) is 3.37. The number of hydrogen-bond acceptors (Lipinski definition) is 6. The summed E-state index contributed by atoms with van der Waals surface area (Å²) in [4.78, 5) is 36.2. The van der Waals surface area contributed by atoms with Gasteiger partial charge in [-0.15, -0.1) is 0 Å². The molecule has 0 aliphatic heterocycles. The molecule has 0 aliphatic carbocycles. The quantitative estimate of drug-likeness (QED) is 0.507. The van der Waals surface area contributed by atoms with Gasteiger partial charge in [-0.2, -0.15) is 0 Å². The van der Waals surface area contributed by atoms with Crippen molar-refractivity contribution >= 4 is 17.1 Å². The van der Waals surface area contributed by atoms with Crippen molar-refractivity contribution in [2.75, 3.05) is 13.7 Å². The fourth-order valence-corrected chi connectivity index (χ4v) is 3.15. The van der Waals surface area contributed by atoms with Crippen LogP contribution in [0.3, 0.4) is 0 Å². The number of fused-ring (bicyclic) bond motifs is 1. The van der Waals surface area contributed by atoms with Crippen LogP contribution in [0.25, 0.3) is 28.2 Å². The largest absolute Gasteiger partial charge is 0.497 e. The second-order valence-electron chi connectivity index (χ2n) is 6.38. The fourth-order valence-electron chi connectivity index (χ4n) is 3.15. The van der Waals surface area contributed by atoms with Crippen LogP contribution in [-0.4, -0.2) is 39.1 Å². The van der Waals surface area contributed by atoms with Gasteiger partial charge in [-0.05, 0) is 43.3 Å². The summed E-state index contributed by atoms with van der Waals surface area (Å²) in [5.74, 6) is 0.765. The molecule has 3 N–H and O–H groups in total. The minimum absolute atomic E-state index is 0.0670. The molecule has 4 aromatic rings. The predicted molar refractivity (Wildman–Crippen MR) is 111 cm³/mol. The summed E-state index contributed by atoms with van der Waals surface area (Å²) in [6.07, 6.45) is 0. The molecular formula is C21H19N5O4. The number of aromatic nitrogens is 4. The Morgan fingerprint density at radius 1 is 1.13 bits per heavy atom. The van der Waals surface area contributed by atoms with Gasteiger partial charge in [0.15, 0.2) is 17.2 Å². The molecule has 9 heteroatoms. The number of carbonyl (C=O) groups is 1. The first-order valence-electron chi connectivity index (χ1n) is 9.22. The second-order valence-corrected chi connectivity index (χ2v) is 6.38. The zero-order valence-corrected chi connectivity index (χ0v) is 16.4. The topological polar surface area (TPSA) is 125 Å². The standard InChI is InChI=1S/C21H19N5O4/c1-3-30-14-9-7-12(8-10-14)19-23-16(18(22)27)17-20(25-19)26(21(28)24-17)13-5-4-6-15(11-13)29-2/h4-11H,3H2,1-2H3,(H2,22,27)(H,24,28). The van der Waals surface area contributed by atoms with Crippen LogP contribution in [0.2, 0.25) is 0 Å². The van der Waals surface area contributed by atoms with E-state index in [1.54, 1.807) is 48.5 Å². The van der Waals surface area contributed by atoms with Crippen molar-refractivity contribution in [1.29, 1.82) is 0 Å². The van der Waals surface area contributed by atoms with E-state index in [0.29, 0.717) is 29.4 Å². The number of nitrogens with two attached hydrogens (primary N) is 1. The van der Waals surface area contributed by atoms with Crippen molar-refractivity contribution in [3.63, 3.8) is 0 Å². The lowest BCUT2D eigenvalue weighted by Crippen LogP contribution is -2.15. The number of hydrogen-bond donors (Lipinski definition) is 2. The van der Waals surface area contributed by atoms with Crippen LogP contribution in [-0.2, 0) is 0 Å². The van der Waals surface area contributed by atoms with E-state index in [9.17, 15) is 9.59 Å². The zero-order valence-electron chi connectivity index (χ0n) is 16.4. The maximum atomic E-state index is 12.7. The number of H-pyrrole nitrogens is 1. The van der Waals surface area contributed by atoms with Crippen molar-refractivity contribution in [2.45, 2.75) is 6.92 Å². The Morgan fingerprint density at radius 3 is 2.57 bits per heavy atom. The number of benzene rings is 2. The number of amides is 1. The minimum atomic E-state index is -0.770. The van der Waals surface area contributed by atoms with E-state index >= 15 is 0 Å². The van der Waals surface area contributed by atoms with Crippen LogP contribution >= 0.6 is 0 Å². The lowest BCUT2D eigenvalue weighted by atomic mass is 10.2. The normalized spacial score (nSPS) is 10.9. The number of nitrogens with zero attached hydrogens (tertiary/aromatic N) is 3. The number of methoxy groups -OCH3 is 1. The fraction of sp³-hybridized carbons (Fsp3) is 0.143. The maximum absolute atomic E-state index is 12.7. The van der Waals surface area contributed by atoms with Gasteiger partial charge in [0.05, 0.1) is 19.4 Å². The maximum Gasteiger partial charge on any atom is 0.332 e. The van der Waals surface area contributed by atoms with Gasteiger partial charge in [0.2, 0.25) is 0 Å². The molecule has 2 heterocycles. The van der Waals surface area contributed by atoms with Crippen molar-refractivity contribution in [2.24, 2.45) is 5.73 Å². The van der Waals surface area contributed by atoms with Crippen molar-refractivity contribution in [1.82, 2.24) is 19.5 Å². The van der Waals surface area contributed by atoms with Gasteiger partial charge in [0.1, 0.15) is 17.0 Å². The number of carbonyl (C=O) groups excluding carboxylic acids is 1. The molecule has 30 heavy (non-hydrogen) atoms. The lowest BCUT2D eigenvalue weighted by Gasteiger charge is -2.08. The van der Waals surface area contributed by atoms with Crippen molar-refractivity contribution < 1.29 is 14.3 Å². The van der Waals surface area contributed by atoms with Crippen LogP contribution in [0.4, 0.5) is 0 Å². The summed E-state index contributed by atoms with van der Waals surface area (Å²) >= 11 is 0. The van der Waals surface area contributed by atoms with E-state index in [1.165, 1.54) is 11.7 Å². The van der Waals surface area contributed by atoms with Crippen molar-refractivity contribution in [3.8, 4) is 28.6 Å². The summed E-state index contributed by atoms with van der Waals surface area (Å²) < 4.78 is 12.1. The van der Waals surface area contributed by atoms with Gasteiger partial charge in [-0.1, -0.05) is 6.07 Å². The molecule has 0 aliphatic rings. The molecule has 4 rings (SSSR count). The Labute approximate surface area is 171 Å². The summed E-state index contributed by atoms with van der Waals surface area (Å²) in [6.45, 7) is 2.44. The number of primary amides is 1. The number of ether oxygens (including phenoxy) is 2. The molecule has 0 unspecified atom stereocenters. The van der Waals surface area contributed by atoms with E-state index in [-0.39, 0.29) is 22.7 Å². The smallest absolute Gasteiger partial charge is 0.332 e. The zero-order chi connectivity index (χ0) is 21.3. The Morgan fingerprint density at radius 2 is 1.90 bits per heavy atom. The molecule has 2 aromatic heterocycles. The molecule has 0 saturated heterocycles.